The minimum Gasteiger partial charge on any atom is -0.395 e. The van der Waals surface area contributed by atoms with E-state index in [-0.39, 0.29) is 18.2 Å². The number of aliphatic hydroxyl groups excluding tert-OH is 1. The zero-order chi connectivity index (χ0) is 32.4. The maximum atomic E-state index is 13.4. The fourth-order valence-corrected chi connectivity index (χ4v) is 6.29. The fraction of sp³-hybridized carbons (Fsp3) is 0.419. The molecule has 1 aromatic carbocycles. The number of aromatic nitrogens is 6. The predicted octanol–water partition coefficient (Wildman–Crippen LogP) is 1.48. The van der Waals surface area contributed by atoms with Gasteiger partial charge < -0.3 is 26.0 Å². The van der Waals surface area contributed by atoms with E-state index in [0.717, 1.165) is 32.0 Å². The van der Waals surface area contributed by atoms with Crippen LogP contribution >= 0.6 is 11.6 Å². The van der Waals surface area contributed by atoms with Crippen LogP contribution < -0.4 is 26.4 Å². The number of nitrogen functional groups attached to an aromatic ring is 1. The van der Waals surface area contributed by atoms with E-state index in [0.29, 0.717) is 71.9 Å². The summed E-state index contributed by atoms with van der Waals surface area (Å²) >= 11 is 6.36. The summed E-state index contributed by atoms with van der Waals surface area (Å²) in [6.07, 6.45) is 6.30. The summed E-state index contributed by atoms with van der Waals surface area (Å²) in [6.45, 7) is 7.04. The Kier molecular flexibility index (Phi) is 9.20. The van der Waals surface area contributed by atoms with Crippen molar-refractivity contribution >= 4 is 35.0 Å². The number of anilines is 3. The summed E-state index contributed by atoms with van der Waals surface area (Å²) in [7, 11) is 1.73. The standard InChI is InChI=1S/C31H38ClN11O3/c1-20-27(31(46)43(39(20)2)25-6-4-3-5-22(25)32)30(45)36-21-7-9-42(10-8-21)29-28(33)35-18-24(38-29)23-17-34-19-26(37-23)41-13-11-40(12-14-41)15-16-44/h3-6,17-19,21,44H,7-16H2,1-2H3,(H2,33,35)(H,36,45). The quantitative estimate of drug-likeness (QED) is 0.254. The zero-order valence-electron chi connectivity index (χ0n) is 25.9. The van der Waals surface area contributed by atoms with Gasteiger partial charge in [-0.3, -0.25) is 24.2 Å². The second-order valence-corrected chi connectivity index (χ2v) is 12.0. The van der Waals surface area contributed by atoms with Gasteiger partial charge in [0, 0.05) is 58.9 Å². The third kappa shape index (κ3) is 6.28. The lowest BCUT2D eigenvalue weighted by Crippen LogP contribution is -2.47. The van der Waals surface area contributed by atoms with Crippen LogP contribution in [0.15, 0.2) is 47.7 Å². The molecule has 0 spiro atoms. The van der Waals surface area contributed by atoms with E-state index in [1.54, 1.807) is 61.5 Å². The molecule has 4 aromatic rings. The molecular weight excluding hydrogens is 610 g/mol. The van der Waals surface area contributed by atoms with Gasteiger partial charge in [-0.05, 0) is 31.9 Å². The van der Waals surface area contributed by atoms with Crippen molar-refractivity contribution in [2.75, 3.05) is 68.0 Å². The number of piperazine rings is 1. The molecule has 2 aliphatic heterocycles. The molecule has 0 bridgehead atoms. The number of nitrogens with two attached hydrogens (primary N) is 1. The molecule has 0 aliphatic carbocycles. The number of nitrogens with one attached hydrogen (secondary N) is 1. The molecular formula is C31H38ClN11O3. The molecule has 242 valence electrons. The molecule has 2 fully saturated rings. The molecule has 6 rings (SSSR count). The lowest BCUT2D eigenvalue weighted by molar-refractivity contribution is 0.0929. The van der Waals surface area contributed by atoms with Gasteiger partial charge >= 0.3 is 0 Å². The van der Waals surface area contributed by atoms with Gasteiger partial charge in [0.2, 0.25) is 0 Å². The lowest BCUT2D eigenvalue weighted by atomic mass is 10.0. The number of hydrogen-bond donors (Lipinski definition) is 3. The van der Waals surface area contributed by atoms with Crippen molar-refractivity contribution in [2.24, 2.45) is 7.05 Å². The van der Waals surface area contributed by atoms with Crippen LogP contribution in [0, 0.1) is 6.92 Å². The van der Waals surface area contributed by atoms with E-state index >= 15 is 0 Å². The molecule has 0 atom stereocenters. The highest BCUT2D eigenvalue weighted by atomic mass is 35.5. The second-order valence-electron chi connectivity index (χ2n) is 11.6. The van der Waals surface area contributed by atoms with Crippen LogP contribution in [0.25, 0.3) is 17.1 Å². The number of hydrogen-bond acceptors (Lipinski definition) is 11. The first-order valence-corrected chi connectivity index (χ1v) is 15.8. The molecule has 0 radical (unpaired) electrons. The number of rotatable bonds is 8. The maximum absolute atomic E-state index is 13.4. The SMILES string of the molecule is Cc1c(C(=O)NC2CCN(c3nc(-c4cncc(N5CCN(CCO)CC5)n4)cnc3N)CC2)c(=O)n(-c2ccccc2Cl)n1C. The first kappa shape index (κ1) is 31.5. The topological polar surface area (TPSA) is 164 Å². The smallest absolute Gasteiger partial charge is 0.284 e. The van der Waals surface area contributed by atoms with Gasteiger partial charge in [-0.2, -0.15) is 0 Å². The molecule has 3 aromatic heterocycles. The summed E-state index contributed by atoms with van der Waals surface area (Å²) in [6, 6.07) is 6.91. The molecule has 0 unspecified atom stereocenters. The third-order valence-electron chi connectivity index (χ3n) is 8.77. The summed E-state index contributed by atoms with van der Waals surface area (Å²) < 4.78 is 3.07. The minimum absolute atomic E-state index is 0.100. The Balaban J connectivity index is 1.12. The number of aliphatic hydroxyl groups is 1. The number of amides is 1. The van der Waals surface area contributed by atoms with E-state index < -0.39 is 11.5 Å². The van der Waals surface area contributed by atoms with Gasteiger partial charge in [0.15, 0.2) is 11.6 Å². The molecule has 46 heavy (non-hydrogen) atoms. The Morgan fingerprint density at radius 3 is 2.46 bits per heavy atom. The van der Waals surface area contributed by atoms with Gasteiger partial charge in [-0.1, -0.05) is 23.7 Å². The Morgan fingerprint density at radius 2 is 1.74 bits per heavy atom. The second kappa shape index (κ2) is 13.4. The van der Waals surface area contributed by atoms with Crippen LogP contribution in [0.4, 0.5) is 17.5 Å². The van der Waals surface area contributed by atoms with E-state index in [1.807, 2.05) is 0 Å². The van der Waals surface area contributed by atoms with Gasteiger partial charge in [-0.25, -0.2) is 19.6 Å². The van der Waals surface area contributed by atoms with E-state index in [2.05, 4.69) is 30.0 Å². The molecule has 0 saturated carbocycles. The Labute approximate surface area is 271 Å². The van der Waals surface area contributed by atoms with Crippen LogP contribution in [0.1, 0.15) is 28.9 Å². The Morgan fingerprint density at radius 1 is 1.02 bits per heavy atom. The highest BCUT2D eigenvalue weighted by Crippen LogP contribution is 2.27. The summed E-state index contributed by atoms with van der Waals surface area (Å²) in [5.41, 5.74) is 8.21. The first-order valence-electron chi connectivity index (χ1n) is 15.4. The van der Waals surface area contributed by atoms with Gasteiger partial charge in [0.1, 0.15) is 22.8 Å². The number of halogens is 1. The van der Waals surface area contributed by atoms with E-state index in [1.165, 1.54) is 4.68 Å². The number of carbonyl (C=O) groups is 1. The van der Waals surface area contributed by atoms with E-state index in [9.17, 15) is 14.7 Å². The van der Waals surface area contributed by atoms with Crippen LogP contribution in [0.2, 0.25) is 5.02 Å². The van der Waals surface area contributed by atoms with Crippen molar-refractivity contribution in [1.82, 2.24) is 39.5 Å². The maximum Gasteiger partial charge on any atom is 0.284 e. The summed E-state index contributed by atoms with van der Waals surface area (Å²) in [5.74, 6) is 1.24. The number of benzene rings is 1. The molecule has 5 heterocycles. The van der Waals surface area contributed by atoms with Gasteiger partial charge in [-0.15, -0.1) is 0 Å². The predicted molar refractivity (Wildman–Crippen MR) is 177 cm³/mol. The van der Waals surface area contributed by atoms with Gasteiger partial charge in [0.05, 0.1) is 41.6 Å². The molecule has 15 heteroatoms. The highest BCUT2D eigenvalue weighted by Gasteiger charge is 2.28. The number of nitrogens with zero attached hydrogens (tertiary/aromatic N) is 9. The van der Waals surface area contributed by atoms with Crippen molar-refractivity contribution in [1.29, 1.82) is 0 Å². The van der Waals surface area contributed by atoms with E-state index in [4.69, 9.17) is 27.3 Å². The van der Waals surface area contributed by atoms with Crippen molar-refractivity contribution in [3.8, 4) is 17.1 Å². The fourth-order valence-electron chi connectivity index (χ4n) is 6.08. The number of carbonyl (C=O) groups excluding carboxylic acids is 1. The van der Waals surface area contributed by atoms with Crippen LogP contribution in [-0.2, 0) is 7.05 Å². The lowest BCUT2D eigenvalue weighted by Gasteiger charge is -2.35. The zero-order valence-corrected chi connectivity index (χ0v) is 26.7. The third-order valence-corrected chi connectivity index (χ3v) is 9.09. The monoisotopic (exact) mass is 647 g/mol. The van der Waals surface area contributed by atoms with Crippen molar-refractivity contribution in [2.45, 2.75) is 25.8 Å². The van der Waals surface area contributed by atoms with Crippen molar-refractivity contribution < 1.29 is 9.90 Å². The Bertz CT molecular complexity index is 1780. The van der Waals surface area contributed by atoms with Crippen LogP contribution in [0.3, 0.4) is 0 Å². The number of para-hydroxylation sites is 1. The minimum atomic E-state index is -0.418. The molecule has 2 saturated heterocycles. The normalized spacial score (nSPS) is 16.2. The summed E-state index contributed by atoms with van der Waals surface area (Å²) in [4.78, 5) is 51.7. The highest BCUT2D eigenvalue weighted by molar-refractivity contribution is 6.32. The molecule has 4 N–H and O–H groups in total. The average Bonchev–Trinajstić information content (AvgIpc) is 3.29. The number of β-amino-alcohol motifs (C(OH)–C–C–N with tert-alkyl or cyclic N) is 1. The first-order chi connectivity index (χ1) is 22.2. The number of piperidine rings is 1. The largest absolute Gasteiger partial charge is 0.395 e. The van der Waals surface area contributed by atoms with Crippen LogP contribution in [-0.4, -0.2) is 104 Å². The molecule has 2 aliphatic rings. The summed E-state index contributed by atoms with van der Waals surface area (Å²) in [5, 5.41) is 12.7. The van der Waals surface area contributed by atoms with Crippen molar-refractivity contribution in [3.63, 3.8) is 0 Å². The molecule has 1 amide bonds. The molecule has 14 nitrogen and oxygen atoms in total. The Hall–Kier alpha value is -4.53. The van der Waals surface area contributed by atoms with Crippen LogP contribution in [0.5, 0.6) is 0 Å². The van der Waals surface area contributed by atoms with Crippen molar-refractivity contribution in [3.05, 3.63) is 69.5 Å². The average molecular weight is 648 g/mol. The van der Waals surface area contributed by atoms with Gasteiger partial charge in [0.25, 0.3) is 11.5 Å².